The van der Waals surface area contributed by atoms with Gasteiger partial charge in [-0.2, -0.15) is 0 Å². The maximum Gasteiger partial charge on any atom is 0.270 e. The molecule has 0 radical (unpaired) electrons. The minimum atomic E-state index is -0.395. The van der Waals surface area contributed by atoms with E-state index in [1.54, 1.807) is 30.3 Å². The van der Waals surface area contributed by atoms with Crippen LogP contribution in [0.1, 0.15) is 21.5 Å². The largest absolute Gasteiger partial charge is 0.342 e. The first kappa shape index (κ1) is 28.2. The molecule has 0 aliphatic carbocycles. The number of anilines is 2. The summed E-state index contributed by atoms with van der Waals surface area (Å²) in [5.41, 5.74) is 4.04. The second-order valence-corrected chi connectivity index (χ2v) is 12.0. The third kappa shape index (κ3) is 5.71. The average molecular weight is 633 g/mol. The molecule has 1 fully saturated rings. The lowest BCUT2D eigenvalue weighted by molar-refractivity contribution is -0.113. The normalized spacial score (nSPS) is 14.3. The number of nitrogens with one attached hydrogen (secondary N) is 1. The fourth-order valence-corrected chi connectivity index (χ4v) is 6.47. The van der Waals surface area contributed by atoms with Crippen molar-refractivity contribution in [3.8, 4) is 0 Å². The molecule has 208 valence electrons. The Hall–Kier alpha value is -3.95. The molecule has 2 heterocycles. The van der Waals surface area contributed by atoms with E-state index in [1.807, 2.05) is 48.7 Å². The maximum absolute atomic E-state index is 13.6. The van der Waals surface area contributed by atoms with E-state index in [9.17, 15) is 14.0 Å². The smallest absolute Gasteiger partial charge is 0.270 e. The number of para-hydroxylation sites is 1. The van der Waals surface area contributed by atoms with Crippen LogP contribution in [0.25, 0.3) is 17.0 Å². The second-order valence-electron chi connectivity index (χ2n) is 9.49. The molecule has 4 aromatic carbocycles. The summed E-state index contributed by atoms with van der Waals surface area (Å²) in [4.78, 5) is 28.4. The number of carbonyl (C=O) groups excluding carboxylic acids is 2. The SMILES string of the molecule is O=C(Nc1ccc(F)cc1)c1cccc(N2C(=O)/C(=C\c3cn(Cc4ccc(Cl)cc4Cl)c4ccccc34)SC2=S)c1. The lowest BCUT2D eigenvalue weighted by Gasteiger charge is -2.15. The van der Waals surface area contributed by atoms with Crippen LogP contribution in [-0.4, -0.2) is 20.7 Å². The minimum absolute atomic E-state index is 0.279. The molecule has 10 heteroatoms. The summed E-state index contributed by atoms with van der Waals surface area (Å²) < 4.78 is 15.7. The molecule has 5 aromatic rings. The molecule has 1 aliphatic heterocycles. The molecule has 0 saturated carbocycles. The molecule has 1 saturated heterocycles. The van der Waals surface area contributed by atoms with Crippen LogP contribution in [-0.2, 0) is 11.3 Å². The van der Waals surface area contributed by atoms with E-state index in [4.69, 9.17) is 35.4 Å². The Morgan fingerprint density at radius 3 is 2.55 bits per heavy atom. The first-order valence-electron chi connectivity index (χ1n) is 12.7. The van der Waals surface area contributed by atoms with Gasteiger partial charge in [-0.25, -0.2) is 4.39 Å². The lowest BCUT2D eigenvalue weighted by Crippen LogP contribution is -2.27. The van der Waals surface area contributed by atoms with Crippen LogP contribution >= 0.6 is 47.2 Å². The molecule has 0 unspecified atom stereocenters. The van der Waals surface area contributed by atoms with Gasteiger partial charge in [0.25, 0.3) is 11.8 Å². The predicted octanol–water partition coefficient (Wildman–Crippen LogP) is 8.79. The number of amides is 2. The number of carbonyl (C=O) groups is 2. The molecule has 0 bridgehead atoms. The molecular formula is C32H20Cl2FN3O2S2. The number of halogens is 3. The molecule has 5 nitrogen and oxygen atoms in total. The van der Waals surface area contributed by atoms with Gasteiger partial charge in [-0.05, 0) is 72.3 Å². The molecule has 1 aromatic heterocycles. The van der Waals surface area contributed by atoms with Crippen molar-refractivity contribution in [3.05, 3.63) is 135 Å². The average Bonchev–Trinajstić information content (AvgIpc) is 3.46. The highest BCUT2D eigenvalue weighted by molar-refractivity contribution is 8.27. The maximum atomic E-state index is 13.6. The first-order valence-corrected chi connectivity index (χ1v) is 14.7. The van der Waals surface area contributed by atoms with Crippen molar-refractivity contribution in [2.45, 2.75) is 6.54 Å². The molecule has 6 rings (SSSR count). The Bertz CT molecular complexity index is 1920. The molecule has 2 amide bonds. The summed E-state index contributed by atoms with van der Waals surface area (Å²) >= 11 is 19.3. The Kier molecular flexibility index (Phi) is 7.88. The van der Waals surface area contributed by atoms with Crippen molar-refractivity contribution in [2.24, 2.45) is 0 Å². The van der Waals surface area contributed by atoms with E-state index >= 15 is 0 Å². The van der Waals surface area contributed by atoms with Gasteiger partial charge >= 0.3 is 0 Å². The third-order valence-corrected chi connectivity index (χ3v) is 8.61. The fourth-order valence-electron chi connectivity index (χ4n) is 4.71. The van der Waals surface area contributed by atoms with E-state index in [2.05, 4.69) is 9.88 Å². The van der Waals surface area contributed by atoms with Gasteiger partial charge in [-0.3, -0.25) is 14.5 Å². The number of benzene rings is 4. The first-order chi connectivity index (χ1) is 20.3. The van der Waals surface area contributed by atoms with Crippen molar-refractivity contribution in [1.82, 2.24) is 4.57 Å². The monoisotopic (exact) mass is 631 g/mol. The van der Waals surface area contributed by atoms with E-state index in [0.717, 1.165) is 22.0 Å². The Morgan fingerprint density at radius 1 is 0.976 bits per heavy atom. The van der Waals surface area contributed by atoms with Crippen LogP contribution in [0.5, 0.6) is 0 Å². The Morgan fingerprint density at radius 2 is 1.76 bits per heavy atom. The standard InChI is InChI=1S/C32H20Cl2FN3O2S2/c33-22-9-8-20(27(34)16-22)17-37-18-21(26-6-1-2-7-28(26)37)15-29-31(40)38(32(41)42-29)25-5-3-4-19(14-25)30(39)36-24-12-10-23(35)11-13-24/h1-16,18H,17H2,(H,36,39)/b29-15+. The Labute approximate surface area is 260 Å². The Balaban J connectivity index is 1.28. The molecule has 0 atom stereocenters. The number of fused-ring (bicyclic) bond motifs is 1. The number of aromatic nitrogens is 1. The summed E-state index contributed by atoms with van der Waals surface area (Å²) in [5, 5.41) is 4.87. The zero-order chi connectivity index (χ0) is 29.4. The van der Waals surface area contributed by atoms with E-state index in [0.29, 0.717) is 42.8 Å². The summed E-state index contributed by atoms with van der Waals surface area (Å²) in [6.07, 6.45) is 3.83. The van der Waals surface area contributed by atoms with Crippen molar-refractivity contribution >= 4 is 91.7 Å². The molecule has 0 spiro atoms. The number of rotatable bonds is 6. The highest BCUT2D eigenvalue weighted by Gasteiger charge is 2.34. The molecule has 1 N–H and O–H groups in total. The summed E-state index contributed by atoms with van der Waals surface area (Å²) in [6, 6.07) is 25.5. The fraction of sp³-hybridized carbons (Fsp3) is 0.0312. The van der Waals surface area contributed by atoms with Crippen LogP contribution in [0.4, 0.5) is 15.8 Å². The summed E-state index contributed by atoms with van der Waals surface area (Å²) in [5.74, 6) is -1.07. The van der Waals surface area contributed by atoms with E-state index in [1.165, 1.54) is 40.9 Å². The number of hydrogen-bond acceptors (Lipinski definition) is 4. The van der Waals surface area contributed by atoms with Gasteiger partial charge in [0.05, 0.1) is 10.6 Å². The van der Waals surface area contributed by atoms with Gasteiger partial charge < -0.3 is 9.88 Å². The van der Waals surface area contributed by atoms with Crippen molar-refractivity contribution in [2.75, 3.05) is 10.2 Å². The summed E-state index contributed by atoms with van der Waals surface area (Å²) in [7, 11) is 0. The zero-order valence-electron chi connectivity index (χ0n) is 21.7. The van der Waals surface area contributed by atoms with Crippen LogP contribution in [0.15, 0.2) is 102 Å². The quantitative estimate of drug-likeness (QED) is 0.150. The number of thiocarbonyl (C=S) groups is 1. The van der Waals surface area contributed by atoms with Crippen LogP contribution in [0, 0.1) is 5.82 Å². The predicted molar refractivity (Wildman–Crippen MR) is 174 cm³/mol. The summed E-state index contributed by atoms with van der Waals surface area (Å²) in [6.45, 7) is 0.526. The zero-order valence-corrected chi connectivity index (χ0v) is 24.8. The minimum Gasteiger partial charge on any atom is -0.342 e. The van der Waals surface area contributed by atoms with Crippen LogP contribution in [0.2, 0.25) is 10.0 Å². The number of nitrogens with zero attached hydrogens (tertiary/aromatic N) is 2. The van der Waals surface area contributed by atoms with Gasteiger partial charge in [-0.1, -0.05) is 77.5 Å². The number of hydrogen-bond donors (Lipinski definition) is 1. The van der Waals surface area contributed by atoms with Gasteiger partial charge in [-0.15, -0.1) is 0 Å². The second kappa shape index (κ2) is 11.7. The highest BCUT2D eigenvalue weighted by atomic mass is 35.5. The lowest BCUT2D eigenvalue weighted by atomic mass is 10.1. The van der Waals surface area contributed by atoms with Crippen LogP contribution < -0.4 is 10.2 Å². The van der Waals surface area contributed by atoms with Gasteiger partial charge in [0.1, 0.15) is 5.82 Å². The van der Waals surface area contributed by atoms with Crippen LogP contribution in [0.3, 0.4) is 0 Å². The van der Waals surface area contributed by atoms with Gasteiger partial charge in [0, 0.05) is 50.5 Å². The van der Waals surface area contributed by atoms with Crippen molar-refractivity contribution in [1.29, 1.82) is 0 Å². The molecular weight excluding hydrogens is 612 g/mol. The van der Waals surface area contributed by atoms with Gasteiger partial charge in [0.15, 0.2) is 4.32 Å². The molecule has 1 aliphatic rings. The molecule has 42 heavy (non-hydrogen) atoms. The van der Waals surface area contributed by atoms with E-state index < -0.39 is 11.7 Å². The number of thioether (sulfide) groups is 1. The van der Waals surface area contributed by atoms with E-state index in [-0.39, 0.29) is 5.91 Å². The van der Waals surface area contributed by atoms with Crippen molar-refractivity contribution < 1.29 is 14.0 Å². The van der Waals surface area contributed by atoms with Gasteiger partial charge in [0.2, 0.25) is 0 Å². The topological polar surface area (TPSA) is 54.3 Å². The third-order valence-electron chi connectivity index (χ3n) is 6.72. The highest BCUT2D eigenvalue weighted by Crippen LogP contribution is 2.38. The van der Waals surface area contributed by atoms with Crippen molar-refractivity contribution in [3.63, 3.8) is 0 Å².